The molecule has 3 aliphatic rings. The Labute approximate surface area is 83.4 Å². The van der Waals surface area contributed by atoms with Crippen LogP contribution in [0.15, 0.2) is 25.3 Å². The second kappa shape index (κ2) is 3.58. The lowest BCUT2D eigenvalue weighted by Gasteiger charge is -2.24. The van der Waals surface area contributed by atoms with Crippen LogP contribution in [0.3, 0.4) is 0 Å². The van der Waals surface area contributed by atoms with Crippen LogP contribution in [0, 0.1) is 5.92 Å². The average molecular weight is 194 g/mol. The second-order valence-corrected chi connectivity index (χ2v) is 3.70. The summed E-state index contributed by atoms with van der Waals surface area (Å²) in [6.45, 7) is 7.36. The van der Waals surface area contributed by atoms with Gasteiger partial charge in [-0.3, -0.25) is 4.79 Å². The second-order valence-electron chi connectivity index (χ2n) is 3.70. The van der Waals surface area contributed by atoms with E-state index in [2.05, 4.69) is 13.2 Å². The zero-order valence-corrected chi connectivity index (χ0v) is 8.02. The molecule has 4 atom stereocenters. The molecule has 3 nitrogen and oxygen atoms in total. The Morgan fingerprint density at radius 3 is 2.50 bits per heavy atom. The molecule has 0 aromatic carbocycles. The highest BCUT2D eigenvalue weighted by molar-refractivity contribution is 5.74. The summed E-state index contributed by atoms with van der Waals surface area (Å²) in [5, 5.41) is 0. The molecule has 3 aliphatic heterocycles. The molecule has 0 spiro atoms. The van der Waals surface area contributed by atoms with E-state index in [1.165, 1.54) is 0 Å². The number of carbonyl (C=O) groups is 1. The molecule has 0 aromatic rings. The summed E-state index contributed by atoms with van der Waals surface area (Å²) in [7, 11) is 0. The van der Waals surface area contributed by atoms with Gasteiger partial charge in [-0.05, 0) is 12.8 Å². The Balaban J connectivity index is 2.27. The van der Waals surface area contributed by atoms with Gasteiger partial charge in [-0.15, -0.1) is 13.2 Å². The van der Waals surface area contributed by atoms with E-state index in [1.54, 1.807) is 12.2 Å². The highest BCUT2D eigenvalue weighted by Gasteiger charge is 2.43. The number of hydrogen-bond donors (Lipinski definition) is 0. The van der Waals surface area contributed by atoms with Gasteiger partial charge < -0.3 is 9.47 Å². The third kappa shape index (κ3) is 1.38. The van der Waals surface area contributed by atoms with Crippen molar-refractivity contribution in [1.29, 1.82) is 0 Å². The van der Waals surface area contributed by atoms with Crippen LogP contribution in [0.5, 0.6) is 0 Å². The lowest BCUT2D eigenvalue weighted by Crippen LogP contribution is -2.34. The van der Waals surface area contributed by atoms with Crippen molar-refractivity contribution in [3.05, 3.63) is 25.3 Å². The summed E-state index contributed by atoms with van der Waals surface area (Å²) in [4.78, 5) is 11.5. The summed E-state index contributed by atoms with van der Waals surface area (Å²) in [6, 6.07) is 0. The highest BCUT2D eigenvalue weighted by Crippen LogP contribution is 2.33. The first kappa shape index (κ1) is 9.46. The van der Waals surface area contributed by atoms with Crippen LogP contribution in [0.25, 0.3) is 0 Å². The molecule has 0 saturated carbocycles. The van der Waals surface area contributed by atoms with Gasteiger partial charge in [0.2, 0.25) is 0 Å². The number of fused-ring (bicyclic) bond motifs is 4. The van der Waals surface area contributed by atoms with Crippen LogP contribution in [0.4, 0.5) is 0 Å². The van der Waals surface area contributed by atoms with Gasteiger partial charge in [-0.2, -0.15) is 0 Å². The van der Waals surface area contributed by atoms with Gasteiger partial charge in [0, 0.05) is 0 Å². The monoisotopic (exact) mass is 194 g/mol. The smallest absolute Gasteiger partial charge is 0.312 e. The predicted molar refractivity (Wildman–Crippen MR) is 51.7 cm³/mol. The van der Waals surface area contributed by atoms with E-state index in [1.807, 2.05) is 0 Å². The van der Waals surface area contributed by atoms with Crippen LogP contribution in [-0.4, -0.2) is 24.3 Å². The average Bonchev–Trinajstić information content (AvgIpc) is 2.44. The minimum atomic E-state index is -0.224. The molecule has 14 heavy (non-hydrogen) atoms. The summed E-state index contributed by atoms with van der Waals surface area (Å²) in [5.41, 5.74) is 0. The topological polar surface area (TPSA) is 35.5 Å². The lowest BCUT2D eigenvalue weighted by molar-refractivity contribution is -0.158. The molecule has 0 aliphatic carbocycles. The number of esters is 1. The molecule has 2 bridgehead atoms. The van der Waals surface area contributed by atoms with Crippen molar-refractivity contribution < 1.29 is 14.3 Å². The predicted octanol–water partition coefficient (Wildman–Crippen LogP) is 1.45. The fourth-order valence-corrected chi connectivity index (χ4v) is 2.08. The lowest BCUT2D eigenvalue weighted by atomic mass is 9.93. The third-order valence-corrected chi connectivity index (χ3v) is 2.87. The van der Waals surface area contributed by atoms with Crippen LogP contribution < -0.4 is 0 Å². The van der Waals surface area contributed by atoms with Crippen LogP contribution >= 0.6 is 0 Å². The van der Waals surface area contributed by atoms with Crippen molar-refractivity contribution >= 4 is 5.97 Å². The van der Waals surface area contributed by atoms with Crippen molar-refractivity contribution in [2.24, 2.45) is 5.92 Å². The van der Waals surface area contributed by atoms with Gasteiger partial charge in [-0.1, -0.05) is 12.2 Å². The largest absolute Gasteiger partial charge is 0.459 e. The van der Waals surface area contributed by atoms with Crippen molar-refractivity contribution in [2.45, 2.75) is 31.2 Å². The molecule has 3 heteroatoms. The van der Waals surface area contributed by atoms with Crippen LogP contribution in [0.1, 0.15) is 12.8 Å². The van der Waals surface area contributed by atoms with Crippen LogP contribution in [-0.2, 0) is 14.3 Å². The van der Waals surface area contributed by atoms with Gasteiger partial charge in [0.1, 0.15) is 12.2 Å². The minimum absolute atomic E-state index is 0.152. The maximum atomic E-state index is 11.5. The van der Waals surface area contributed by atoms with Crippen molar-refractivity contribution in [3.8, 4) is 0 Å². The highest BCUT2D eigenvalue weighted by atomic mass is 16.6. The Bertz CT molecular complexity index is 272. The summed E-state index contributed by atoms with van der Waals surface area (Å²) in [5.74, 6) is -0.329. The SMILES string of the molecule is C=CC1OC(C=C)C2CCC1OC2=O. The molecule has 0 aromatic heterocycles. The Hall–Kier alpha value is -1.09. The van der Waals surface area contributed by atoms with Gasteiger partial charge in [0.05, 0.1) is 12.0 Å². The molecule has 3 rings (SSSR count). The Kier molecular flexibility index (Phi) is 2.42. The Morgan fingerprint density at radius 1 is 1.21 bits per heavy atom. The van der Waals surface area contributed by atoms with Crippen LogP contribution in [0.2, 0.25) is 0 Å². The summed E-state index contributed by atoms with van der Waals surface area (Å²) in [6.07, 6.45) is 4.49. The standard InChI is InChI=1S/C11H14O3/c1-3-8-7-5-6-10(14-11(7)12)9(4-2)13-8/h3-4,7-10H,1-2,5-6H2. The molecular weight excluding hydrogens is 180 g/mol. The quantitative estimate of drug-likeness (QED) is 0.493. The van der Waals surface area contributed by atoms with E-state index in [9.17, 15) is 4.79 Å². The van der Waals surface area contributed by atoms with Crippen molar-refractivity contribution in [2.75, 3.05) is 0 Å². The minimum Gasteiger partial charge on any atom is -0.459 e. The summed E-state index contributed by atoms with van der Waals surface area (Å²) < 4.78 is 10.9. The number of hydrogen-bond acceptors (Lipinski definition) is 3. The normalized spacial score (nSPS) is 41.3. The molecular formula is C11H14O3. The van der Waals surface area contributed by atoms with Gasteiger partial charge in [0.15, 0.2) is 0 Å². The first-order valence-electron chi connectivity index (χ1n) is 4.87. The fraction of sp³-hybridized carbons (Fsp3) is 0.545. The van der Waals surface area contributed by atoms with E-state index in [0.717, 1.165) is 12.8 Å². The first-order valence-corrected chi connectivity index (χ1v) is 4.87. The molecule has 4 unspecified atom stereocenters. The van der Waals surface area contributed by atoms with E-state index < -0.39 is 0 Å². The molecule has 0 amide bonds. The van der Waals surface area contributed by atoms with Gasteiger partial charge >= 0.3 is 5.97 Å². The maximum Gasteiger partial charge on any atom is 0.312 e. The fourth-order valence-electron chi connectivity index (χ4n) is 2.08. The van der Waals surface area contributed by atoms with Gasteiger partial charge in [0.25, 0.3) is 0 Å². The first-order chi connectivity index (χ1) is 6.76. The third-order valence-electron chi connectivity index (χ3n) is 2.87. The Morgan fingerprint density at radius 2 is 1.93 bits per heavy atom. The van der Waals surface area contributed by atoms with Gasteiger partial charge in [-0.25, -0.2) is 0 Å². The zero-order valence-electron chi connectivity index (χ0n) is 8.02. The molecule has 3 fully saturated rings. The number of ether oxygens (including phenoxy) is 2. The molecule has 3 saturated heterocycles. The molecule has 0 N–H and O–H groups in total. The molecule has 76 valence electrons. The van der Waals surface area contributed by atoms with Crippen molar-refractivity contribution in [1.82, 2.24) is 0 Å². The molecule has 0 radical (unpaired) electrons. The molecule has 3 heterocycles. The summed E-state index contributed by atoms with van der Waals surface area (Å²) >= 11 is 0. The van der Waals surface area contributed by atoms with E-state index in [-0.39, 0.29) is 30.2 Å². The van der Waals surface area contributed by atoms with E-state index in [0.29, 0.717) is 0 Å². The van der Waals surface area contributed by atoms with E-state index in [4.69, 9.17) is 9.47 Å². The van der Waals surface area contributed by atoms with Crippen molar-refractivity contribution in [3.63, 3.8) is 0 Å². The van der Waals surface area contributed by atoms with E-state index >= 15 is 0 Å². The number of carbonyl (C=O) groups excluding carboxylic acids is 1. The number of rotatable bonds is 2. The maximum absolute atomic E-state index is 11.5. The zero-order chi connectivity index (χ0) is 10.1.